The maximum Gasteiger partial charge on any atom is 0.321 e. The van der Waals surface area contributed by atoms with Crippen LogP contribution in [0.5, 0.6) is 5.75 Å². The second kappa shape index (κ2) is 9.24. The number of carbonyl (C=O) groups is 2. The molecule has 0 atom stereocenters. The monoisotopic (exact) mass is 395 g/mol. The lowest BCUT2D eigenvalue weighted by Crippen LogP contribution is -2.31. The molecule has 27 heavy (non-hydrogen) atoms. The minimum Gasteiger partial charge on any atom is -0.494 e. The number of hydrogen-bond acceptors (Lipinski definition) is 6. The molecule has 2 rings (SSSR count). The van der Waals surface area contributed by atoms with Gasteiger partial charge in [0.05, 0.1) is 11.5 Å². The number of carbonyl (C=O) groups excluding carboxylic acids is 2. The summed E-state index contributed by atoms with van der Waals surface area (Å²) in [5.74, 6) is -1.60. The molecule has 144 valence electrons. The van der Waals surface area contributed by atoms with E-state index in [9.17, 15) is 22.4 Å². The number of Topliss-reactive ketones (excluding diaryl/α,β-unsaturated/α-hetero) is 1. The fourth-order valence-electron chi connectivity index (χ4n) is 2.06. The number of ketones is 1. The topological polar surface area (TPSA) is 98.8 Å². The SMILES string of the molecule is CCOc1ccc(S(=O)(=O)NCC(=O)OCC(=O)c2cccc(F)c2)cc1. The quantitative estimate of drug-likeness (QED) is 0.515. The molecule has 0 aliphatic rings. The van der Waals surface area contributed by atoms with Crippen LogP contribution in [-0.2, 0) is 19.6 Å². The Kier molecular flexibility index (Phi) is 7.03. The summed E-state index contributed by atoms with van der Waals surface area (Å²) < 4.78 is 49.4. The second-order valence-electron chi connectivity index (χ2n) is 5.32. The molecule has 9 heteroatoms. The van der Waals surface area contributed by atoms with E-state index in [2.05, 4.69) is 4.72 Å². The van der Waals surface area contributed by atoms with Crippen LogP contribution in [-0.4, -0.2) is 39.9 Å². The highest BCUT2D eigenvalue weighted by molar-refractivity contribution is 7.89. The third kappa shape index (κ3) is 6.15. The van der Waals surface area contributed by atoms with Crippen molar-refractivity contribution < 1.29 is 31.9 Å². The fourth-order valence-corrected chi connectivity index (χ4v) is 3.03. The van der Waals surface area contributed by atoms with Crippen LogP contribution >= 0.6 is 0 Å². The zero-order chi connectivity index (χ0) is 19.9. The molecule has 0 amide bonds. The molecule has 0 spiro atoms. The number of nitrogens with one attached hydrogen (secondary N) is 1. The highest BCUT2D eigenvalue weighted by atomic mass is 32.2. The molecular weight excluding hydrogens is 377 g/mol. The predicted molar refractivity (Wildman–Crippen MR) is 94.5 cm³/mol. The molecule has 1 N–H and O–H groups in total. The van der Waals surface area contributed by atoms with Crippen LogP contribution in [0.3, 0.4) is 0 Å². The van der Waals surface area contributed by atoms with Crippen LogP contribution in [0.2, 0.25) is 0 Å². The lowest BCUT2D eigenvalue weighted by Gasteiger charge is -2.08. The summed E-state index contributed by atoms with van der Waals surface area (Å²) in [6, 6.07) is 10.6. The van der Waals surface area contributed by atoms with Gasteiger partial charge in [-0.3, -0.25) is 9.59 Å². The van der Waals surface area contributed by atoms with Gasteiger partial charge in [0.2, 0.25) is 10.0 Å². The van der Waals surface area contributed by atoms with Gasteiger partial charge in [-0.15, -0.1) is 0 Å². The Bertz CT molecular complexity index is 912. The minimum atomic E-state index is -3.92. The first-order chi connectivity index (χ1) is 12.8. The molecule has 0 bridgehead atoms. The van der Waals surface area contributed by atoms with Crippen LogP contribution in [0, 0.1) is 5.82 Å². The Hall–Kier alpha value is -2.78. The number of esters is 1. The molecule has 7 nitrogen and oxygen atoms in total. The molecular formula is C18H18FNO6S. The maximum absolute atomic E-state index is 13.1. The molecule has 2 aromatic rings. The minimum absolute atomic E-state index is 0.0467. The van der Waals surface area contributed by atoms with E-state index < -0.39 is 40.7 Å². The van der Waals surface area contributed by atoms with E-state index in [-0.39, 0.29) is 10.5 Å². The zero-order valence-electron chi connectivity index (χ0n) is 14.5. The number of halogens is 1. The molecule has 0 unspecified atom stereocenters. The Morgan fingerprint density at radius 1 is 1.11 bits per heavy atom. The summed E-state index contributed by atoms with van der Waals surface area (Å²) in [5.41, 5.74) is 0.0535. The van der Waals surface area contributed by atoms with Gasteiger partial charge >= 0.3 is 5.97 Å². The van der Waals surface area contributed by atoms with Crippen molar-refractivity contribution in [3.8, 4) is 5.75 Å². The molecule has 0 aliphatic heterocycles. The highest BCUT2D eigenvalue weighted by Gasteiger charge is 2.17. The van der Waals surface area contributed by atoms with Gasteiger partial charge in [-0.2, -0.15) is 4.72 Å². The van der Waals surface area contributed by atoms with Crippen LogP contribution in [0.15, 0.2) is 53.4 Å². The number of benzene rings is 2. The summed E-state index contributed by atoms with van der Waals surface area (Å²) in [5, 5.41) is 0. The Labute approximate surface area is 156 Å². The van der Waals surface area contributed by atoms with Gasteiger partial charge in [0.1, 0.15) is 18.1 Å². The average molecular weight is 395 g/mol. The molecule has 0 heterocycles. The molecule has 0 aliphatic carbocycles. The third-order valence-corrected chi connectivity index (χ3v) is 4.78. The summed E-state index contributed by atoms with van der Waals surface area (Å²) in [4.78, 5) is 23.4. The van der Waals surface area contributed by atoms with Gasteiger partial charge < -0.3 is 9.47 Å². The van der Waals surface area contributed by atoms with E-state index in [1.54, 1.807) is 6.92 Å². The van der Waals surface area contributed by atoms with Gasteiger partial charge in [-0.05, 0) is 43.3 Å². The van der Waals surface area contributed by atoms with Gasteiger partial charge in [-0.25, -0.2) is 12.8 Å². The van der Waals surface area contributed by atoms with E-state index in [1.807, 2.05) is 0 Å². The third-order valence-electron chi connectivity index (χ3n) is 3.36. The van der Waals surface area contributed by atoms with Gasteiger partial charge in [0.25, 0.3) is 0 Å². The second-order valence-corrected chi connectivity index (χ2v) is 7.09. The maximum atomic E-state index is 13.1. The first-order valence-corrected chi connectivity index (χ1v) is 9.47. The average Bonchev–Trinajstić information content (AvgIpc) is 2.65. The van der Waals surface area contributed by atoms with Gasteiger partial charge in [0.15, 0.2) is 12.4 Å². The van der Waals surface area contributed by atoms with Crippen molar-refractivity contribution in [2.45, 2.75) is 11.8 Å². The first kappa shape index (κ1) is 20.5. The molecule has 0 fully saturated rings. The van der Waals surface area contributed by atoms with Crippen LogP contribution < -0.4 is 9.46 Å². The number of hydrogen-bond donors (Lipinski definition) is 1. The van der Waals surface area contributed by atoms with E-state index in [4.69, 9.17) is 9.47 Å². The zero-order valence-corrected chi connectivity index (χ0v) is 15.3. The van der Waals surface area contributed by atoms with Crippen molar-refractivity contribution in [2.75, 3.05) is 19.8 Å². The molecule has 2 aromatic carbocycles. The van der Waals surface area contributed by atoms with Crippen molar-refractivity contribution in [3.05, 3.63) is 59.9 Å². The van der Waals surface area contributed by atoms with E-state index in [1.165, 1.54) is 42.5 Å². The van der Waals surface area contributed by atoms with Gasteiger partial charge in [0, 0.05) is 5.56 Å². The van der Waals surface area contributed by atoms with E-state index in [0.29, 0.717) is 12.4 Å². The Morgan fingerprint density at radius 2 is 1.81 bits per heavy atom. The van der Waals surface area contributed by atoms with Crippen molar-refractivity contribution >= 4 is 21.8 Å². The summed E-state index contributed by atoms with van der Waals surface area (Å²) in [7, 11) is -3.92. The van der Waals surface area contributed by atoms with Crippen molar-refractivity contribution in [1.29, 1.82) is 0 Å². The van der Waals surface area contributed by atoms with E-state index >= 15 is 0 Å². The summed E-state index contributed by atoms with van der Waals surface area (Å²) in [6.07, 6.45) is 0. The van der Waals surface area contributed by atoms with Crippen molar-refractivity contribution in [1.82, 2.24) is 4.72 Å². The lowest BCUT2D eigenvalue weighted by molar-refractivity contribution is -0.141. The largest absolute Gasteiger partial charge is 0.494 e. The van der Waals surface area contributed by atoms with Gasteiger partial charge in [-0.1, -0.05) is 12.1 Å². The number of ether oxygens (including phenoxy) is 2. The van der Waals surface area contributed by atoms with Crippen molar-refractivity contribution in [3.63, 3.8) is 0 Å². The predicted octanol–water partition coefficient (Wildman–Crippen LogP) is 1.93. The highest BCUT2D eigenvalue weighted by Crippen LogP contribution is 2.15. The van der Waals surface area contributed by atoms with Crippen LogP contribution in [0.4, 0.5) is 4.39 Å². The lowest BCUT2D eigenvalue weighted by atomic mass is 10.1. The van der Waals surface area contributed by atoms with Crippen LogP contribution in [0.1, 0.15) is 17.3 Å². The Morgan fingerprint density at radius 3 is 2.44 bits per heavy atom. The molecule has 0 saturated carbocycles. The standard InChI is InChI=1S/C18H18FNO6S/c1-2-25-15-6-8-16(9-7-15)27(23,24)20-11-18(22)26-12-17(21)13-4-3-5-14(19)10-13/h3-10,20H,2,11-12H2,1H3. The normalized spacial score (nSPS) is 11.0. The smallest absolute Gasteiger partial charge is 0.321 e. The first-order valence-electron chi connectivity index (χ1n) is 7.98. The van der Waals surface area contributed by atoms with E-state index in [0.717, 1.165) is 6.07 Å². The Balaban J connectivity index is 1.86. The molecule has 0 radical (unpaired) electrons. The van der Waals surface area contributed by atoms with Crippen LogP contribution in [0.25, 0.3) is 0 Å². The molecule has 0 aromatic heterocycles. The fraction of sp³-hybridized carbons (Fsp3) is 0.222. The summed E-state index contributed by atoms with van der Waals surface area (Å²) >= 11 is 0. The number of sulfonamides is 1. The summed E-state index contributed by atoms with van der Waals surface area (Å²) in [6.45, 7) is 0.987. The van der Waals surface area contributed by atoms with Crippen molar-refractivity contribution in [2.24, 2.45) is 0 Å². The molecule has 0 saturated heterocycles. The number of rotatable bonds is 9.